The predicted octanol–water partition coefficient (Wildman–Crippen LogP) is 2.26. The first-order chi connectivity index (χ1) is 9.43. The van der Waals surface area contributed by atoms with E-state index in [0.717, 1.165) is 19.3 Å². The Hall–Kier alpha value is -0.880. The van der Waals surface area contributed by atoms with Gasteiger partial charge in [-0.15, -0.1) is 0 Å². The Morgan fingerprint density at radius 3 is 2.35 bits per heavy atom. The molecule has 6 heteroatoms. The number of rotatable bonds is 2. The lowest BCUT2D eigenvalue weighted by molar-refractivity contribution is 0.479. The van der Waals surface area contributed by atoms with Crippen molar-refractivity contribution in [1.82, 2.24) is 0 Å². The van der Waals surface area contributed by atoms with Gasteiger partial charge in [0.05, 0.1) is 15.9 Å². The SMILES string of the molecule is O=S1(=O)CC(S(=O)(=O)C2CCCCC2)c2ccccc21. The van der Waals surface area contributed by atoms with Crippen molar-refractivity contribution in [2.24, 2.45) is 0 Å². The summed E-state index contributed by atoms with van der Waals surface area (Å²) in [5.41, 5.74) is 0.470. The fourth-order valence-corrected chi connectivity index (χ4v) is 8.30. The third-order valence-corrected chi connectivity index (χ3v) is 9.02. The van der Waals surface area contributed by atoms with Crippen molar-refractivity contribution in [2.75, 3.05) is 5.75 Å². The molecular weight excluding hydrogens is 296 g/mol. The smallest absolute Gasteiger partial charge is 0.180 e. The maximum atomic E-state index is 12.8. The molecule has 3 rings (SSSR count). The Morgan fingerprint density at radius 1 is 1.00 bits per heavy atom. The van der Waals surface area contributed by atoms with Crippen LogP contribution in [0.3, 0.4) is 0 Å². The molecule has 1 aliphatic heterocycles. The number of benzene rings is 1. The highest BCUT2D eigenvalue weighted by Crippen LogP contribution is 2.41. The van der Waals surface area contributed by atoms with E-state index in [4.69, 9.17) is 0 Å². The van der Waals surface area contributed by atoms with Gasteiger partial charge in [0.1, 0.15) is 5.25 Å². The summed E-state index contributed by atoms with van der Waals surface area (Å²) in [5, 5.41) is -1.24. The average Bonchev–Trinajstić information content (AvgIpc) is 2.73. The highest BCUT2D eigenvalue weighted by Gasteiger charge is 2.45. The van der Waals surface area contributed by atoms with Gasteiger partial charge in [-0.2, -0.15) is 0 Å². The molecule has 4 nitrogen and oxygen atoms in total. The van der Waals surface area contributed by atoms with E-state index in [0.29, 0.717) is 18.4 Å². The standard InChI is InChI=1S/C14H18O4S2/c15-19(16)10-14(12-8-4-5-9-13(12)19)20(17,18)11-6-2-1-3-7-11/h4-5,8-9,11,14H,1-3,6-7,10H2. The van der Waals surface area contributed by atoms with Gasteiger partial charge in [0.2, 0.25) is 0 Å². The van der Waals surface area contributed by atoms with Crippen LogP contribution < -0.4 is 0 Å². The Labute approximate surface area is 120 Å². The first-order valence-corrected chi connectivity index (χ1v) is 10.2. The van der Waals surface area contributed by atoms with Crippen LogP contribution in [0.25, 0.3) is 0 Å². The highest BCUT2D eigenvalue weighted by molar-refractivity contribution is 7.96. The summed E-state index contributed by atoms with van der Waals surface area (Å²) in [6.07, 6.45) is 4.25. The number of sulfone groups is 2. The van der Waals surface area contributed by atoms with E-state index < -0.39 is 24.9 Å². The second kappa shape index (κ2) is 4.84. The Kier molecular flexibility index (Phi) is 3.41. The third-order valence-electron chi connectivity index (χ3n) is 4.39. The van der Waals surface area contributed by atoms with Crippen LogP contribution in [0.4, 0.5) is 0 Å². The minimum Gasteiger partial charge on any atom is -0.228 e. The lowest BCUT2D eigenvalue weighted by Gasteiger charge is -2.25. The molecular formula is C14H18O4S2. The topological polar surface area (TPSA) is 68.3 Å². The van der Waals surface area contributed by atoms with Crippen LogP contribution >= 0.6 is 0 Å². The van der Waals surface area contributed by atoms with Gasteiger partial charge in [0.25, 0.3) is 0 Å². The van der Waals surface area contributed by atoms with E-state index in [1.807, 2.05) is 0 Å². The largest absolute Gasteiger partial charge is 0.228 e. The van der Waals surface area contributed by atoms with Gasteiger partial charge in [-0.05, 0) is 24.5 Å². The Morgan fingerprint density at radius 2 is 1.65 bits per heavy atom. The van der Waals surface area contributed by atoms with Crippen LogP contribution in [-0.4, -0.2) is 27.8 Å². The second-order valence-corrected chi connectivity index (χ2v) is 10.1. The Balaban J connectivity index is 2.04. The molecule has 20 heavy (non-hydrogen) atoms. The van der Waals surface area contributed by atoms with Gasteiger partial charge < -0.3 is 0 Å². The predicted molar refractivity (Wildman–Crippen MR) is 77.0 cm³/mol. The van der Waals surface area contributed by atoms with Crippen molar-refractivity contribution < 1.29 is 16.8 Å². The van der Waals surface area contributed by atoms with E-state index >= 15 is 0 Å². The molecule has 1 atom stereocenters. The lowest BCUT2D eigenvalue weighted by atomic mass is 10.0. The number of hydrogen-bond donors (Lipinski definition) is 0. The van der Waals surface area contributed by atoms with Crippen molar-refractivity contribution in [1.29, 1.82) is 0 Å². The van der Waals surface area contributed by atoms with Crippen molar-refractivity contribution >= 4 is 19.7 Å². The van der Waals surface area contributed by atoms with E-state index in [9.17, 15) is 16.8 Å². The number of fused-ring (bicyclic) bond motifs is 1. The molecule has 1 saturated carbocycles. The van der Waals surface area contributed by atoms with Gasteiger partial charge >= 0.3 is 0 Å². The minimum atomic E-state index is -3.46. The quantitative estimate of drug-likeness (QED) is 0.839. The summed E-state index contributed by atoms with van der Waals surface area (Å²) in [6.45, 7) is 0. The lowest BCUT2D eigenvalue weighted by Crippen LogP contribution is -2.29. The Bertz CT molecular complexity index is 713. The maximum absolute atomic E-state index is 12.8. The van der Waals surface area contributed by atoms with Gasteiger partial charge in [-0.1, -0.05) is 37.5 Å². The first kappa shape index (κ1) is 14.1. The van der Waals surface area contributed by atoms with Gasteiger partial charge in [0.15, 0.2) is 19.7 Å². The van der Waals surface area contributed by atoms with E-state index in [1.165, 1.54) is 6.07 Å². The van der Waals surface area contributed by atoms with Crippen LogP contribution in [0.2, 0.25) is 0 Å². The molecule has 1 aromatic rings. The average molecular weight is 314 g/mol. The summed E-state index contributed by atoms with van der Waals surface area (Å²) in [7, 11) is -6.88. The van der Waals surface area contributed by atoms with Gasteiger partial charge in [-0.25, -0.2) is 16.8 Å². The zero-order chi connectivity index (χ0) is 14.4. The molecule has 0 N–H and O–H groups in total. The van der Waals surface area contributed by atoms with E-state index in [-0.39, 0.29) is 15.9 Å². The second-order valence-electron chi connectivity index (χ2n) is 5.66. The summed E-state index contributed by atoms with van der Waals surface area (Å²) >= 11 is 0. The molecule has 1 aromatic carbocycles. The zero-order valence-electron chi connectivity index (χ0n) is 11.2. The molecule has 0 spiro atoms. The molecule has 0 bridgehead atoms. The fraction of sp³-hybridized carbons (Fsp3) is 0.571. The van der Waals surface area contributed by atoms with E-state index in [1.54, 1.807) is 18.2 Å². The zero-order valence-corrected chi connectivity index (χ0v) is 12.8. The fourth-order valence-electron chi connectivity index (χ4n) is 3.31. The third kappa shape index (κ3) is 2.19. The molecule has 1 heterocycles. The number of hydrogen-bond acceptors (Lipinski definition) is 4. The molecule has 0 radical (unpaired) electrons. The van der Waals surface area contributed by atoms with E-state index in [2.05, 4.69) is 0 Å². The molecule has 0 amide bonds. The molecule has 1 unspecified atom stereocenters. The van der Waals surface area contributed by atoms with Crippen LogP contribution in [0.5, 0.6) is 0 Å². The molecule has 110 valence electrons. The van der Waals surface area contributed by atoms with Crippen molar-refractivity contribution in [3.05, 3.63) is 29.8 Å². The minimum absolute atomic E-state index is 0.199. The van der Waals surface area contributed by atoms with Crippen molar-refractivity contribution in [3.63, 3.8) is 0 Å². The van der Waals surface area contributed by atoms with Crippen molar-refractivity contribution in [2.45, 2.75) is 47.5 Å². The molecule has 2 aliphatic rings. The highest BCUT2D eigenvalue weighted by atomic mass is 32.2. The van der Waals surface area contributed by atoms with Crippen LogP contribution in [0.15, 0.2) is 29.2 Å². The van der Waals surface area contributed by atoms with Gasteiger partial charge in [-0.3, -0.25) is 0 Å². The summed E-state index contributed by atoms with van der Waals surface area (Å²) in [6, 6.07) is 6.51. The normalized spacial score (nSPS) is 26.3. The summed E-state index contributed by atoms with van der Waals surface area (Å²) in [5.74, 6) is -0.287. The molecule has 0 aromatic heterocycles. The van der Waals surface area contributed by atoms with Crippen LogP contribution in [0.1, 0.15) is 42.9 Å². The summed E-state index contributed by atoms with van der Waals surface area (Å²) < 4.78 is 49.8. The molecule has 1 fully saturated rings. The first-order valence-electron chi connectivity index (χ1n) is 6.97. The van der Waals surface area contributed by atoms with Gasteiger partial charge in [0, 0.05) is 0 Å². The maximum Gasteiger partial charge on any atom is 0.180 e. The van der Waals surface area contributed by atoms with Crippen LogP contribution in [-0.2, 0) is 19.7 Å². The monoisotopic (exact) mass is 314 g/mol. The van der Waals surface area contributed by atoms with Crippen molar-refractivity contribution in [3.8, 4) is 0 Å². The molecule has 0 saturated heterocycles. The van der Waals surface area contributed by atoms with Crippen LogP contribution in [0, 0.1) is 0 Å². The molecule has 1 aliphatic carbocycles. The summed E-state index contributed by atoms with van der Waals surface area (Å²) in [4.78, 5) is 0.199.